The molecule has 0 spiro atoms. The number of carbonyl (C=O) groups is 1. The zero-order valence-corrected chi connectivity index (χ0v) is 23.1. The largest absolute Gasteiger partial charge is 0.401 e. The van der Waals surface area contributed by atoms with Crippen LogP contribution in [0, 0.1) is 11.8 Å². The summed E-state index contributed by atoms with van der Waals surface area (Å²) < 4.78 is 43.4. The summed E-state index contributed by atoms with van der Waals surface area (Å²) in [6.45, 7) is 1.22. The van der Waals surface area contributed by atoms with Crippen molar-refractivity contribution in [3.05, 3.63) is 101 Å². The fraction of sp³-hybridized carbons (Fsp3) is 0.375. The highest BCUT2D eigenvalue weighted by Gasteiger charge is 2.49. The molecule has 6 rings (SSSR count). The molecule has 2 saturated heterocycles. The number of amides is 1. The molecule has 1 aromatic heterocycles. The first kappa shape index (κ1) is 27.9. The van der Waals surface area contributed by atoms with Gasteiger partial charge in [0.25, 0.3) is 0 Å². The lowest BCUT2D eigenvalue weighted by atomic mass is 9.82. The summed E-state index contributed by atoms with van der Waals surface area (Å²) in [6, 6.07) is 18.0. The average molecular weight is 575 g/mol. The second kappa shape index (κ2) is 11.6. The van der Waals surface area contributed by atoms with Gasteiger partial charge in [-0.25, -0.2) is 9.97 Å². The Labute approximate surface area is 242 Å². The Balaban J connectivity index is 1.33. The number of amidine groups is 1. The number of halogens is 3. The minimum Gasteiger partial charge on any atom is -0.401 e. The van der Waals surface area contributed by atoms with Crippen molar-refractivity contribution in [1.29, 1.82) is 0 Å². The zero-order valence-electron chi connectivity index (χ0n) is 23.1. The van der Waals surface area contributed by atoms with Gasteiger partial charge in [0, 0.05) is 42.6 Å². The fourth-order valence-corrected chi connectivity index (χ4v) is 5.88. The lowest BCUT2D eigenvalue weighted by Crippen LogP contribution is -2.48. The first-order valence-corrected chi connectivity index (χ1v) is 14.4. The van der Waals surface area contributed by atoms with E-state index in [4.69, 9.17) is 10.7 Å². The van der Waals surface area contributed by atoms with E-state index in [0.29, 0.717) is 31.8 Å². The Morgan fingerprint density at radius 2 is 1.50 bits per heavy atom. The Morgan fingerprint density at radius 1 is 0.929 bits per heavy atom. The SMILES string of the molecule is NC(=C1C(=NC(c2ccccc2)c2ccccc2)NC(=O)CC1C(F)(F)F)C1CCN(c2cnc(C3CC3)nc2)CC1. The van der Waals surface area contributed by atoms with Crippen LogP contribution < -0.4 is 16.0 Å². The third-order valence-corrected chi connectivity index (χ3v) is 8.35. The number of allylic oxidation sites excluding steroid dienone is 1. The second-order valence-electron chi connectivity index (χ2n) is 11.3. The van der Waals surface area contributed by atoms with E-state index in [1.165, 1.54) is 0 Å². The molecule has 218 valence electrons. The minimum atomic E-state index is -4.66. The number of nitrogens with zero attached hydrogens (tertiary/aromatic N) is 4. The molecule has 42 heavy (non-hydrogen) atoms. The predicted octanol–water partition coefficient (Wildman–Crippen LogP) is 5.67. The van der Waals surface area contributed by atoms with Gasteiger partial charge in [-0.3, -0.25) is 9.79 Å². The molecule has 2 aliphatic heterocycles. The number of nitrogens with two attached hydrogens (primary N) is 1. The third kappa shape index (κ3) is 6.03. The highest BCUT2D eigenvalue weighted by molar-refractivity contribution is 6.11. The van der Waals surface area contributed by atoms with Crippen molar-refractivity contribution in [1.82, 2.24) is 15.3 Å². The van der Waals surface area contributed by atoms with E-state index < -0.39 is 30.5 Å². The smallest absolute Gasteiger partial charge is 0.396 e. The van der Waals surface area contributed by atoms with E-state index in [-0.39, 0.29) is 23.0 Å². The van der Waals surface area contributed by atoms with Gasteiger partial charge in [0.15, 0.2) is 0 Å². The van der Waals surface area contributed by atoms with Gasteiger partial charge in [-0.1, -0.05) is 60.7 Å². The van der Waals surface area contributed by atoms with Gasteiger partial charge in [0.1, 0.15) is 17.7 Å². The Bertz CT molecular complexity index is 1420. The van der Waals surface area contributed by atoms with Gasteiger partial charge in [-0.05, 0) is 36.8 Å². The molecule has 0 bridgehead atoms. The Hall–Kier alpha value is -4.21. The molecule has 1 atom stereocenters. The second-order valence-corrected chi connectivity index (χ2v) is 11.3. The first-order valence-electron chi connectivity index (χ1n) is 14.4. The monoisotopic (exact) mass is 574 g/mol. The van der Waals surface area contributed by atoms with Crippen LogP contribution in [0.2, 0.25) is 0 Å². The van der Waals surface area contributed by atoms with E-state index >= 15 is 0 Å². The highest BCUT2D eigenvalue weighted by Crippen LogP contribution is 2.41. The van der Waals surface area contributed by atoms with Gasteiger partial charge in [-0.2, -0.15) is 13.2 Å². The summed E-state index contributed by atoms with van der Waals surface area (Å²) in [6.07, 6.45) is 1.66. The van der Waals surface area contributed by atoms with Crippen molar-refractivity contribution in [2.24, 2.45) is 22.6 Å². The Morgan fingerprint density at radius 3 is 2.02 bits per heavy atom. The van der Waals surface area contributed by atoms with Gasteiger partial charge >= 0.3 is 6.18 Å². The summed E-state index contributed by atoms with van der Waals surface area (Å²) in [5.41, 5.74) is 9.17. The lowest BCUT2D eigenvalue weighted by Gasteiger charge is -2.36. The average Bonchev–Trinajstić information content (AvgIpc) is 3.86. The third-order valence-electron chi connectivity index (χ3n) is 8.35. The molecule has 3 aromatic rings. The van der Waals surface area contributed by atoms with Crippen molar-refractivity contribution < 1.29 is 18.0 Å². The zero-order chi connectivity index (χ0) is 29.3. The summed E-state index contributed by atoms with van der Waals surface area (Å²) >= 11 is 0. The number of nitrogens with one attached hydrogen (secondary N) is 1. The van der Waals surface area contributed by atoms with Crippen LogP contribution in [-0.4, -0.2) is 41.0 Å². The molecule has 1 aliphatic carbocycles. The van der Waals surface area contributed by atoms with Crippen LogP contribution in [-0.2, 0) is 4.79 Å². The van der Waals surface area contributed by atoms with E-state index in [1.807, 2.05) is 73.1 Å². The lowest BCUT2D eigenvalue weighted by molar-refractivity contribution is -0.169. The summed E-state index contributed by atoms with van der Waals surface area (Å²) in [5.74, 6) is -1.81. The predicted molar refractivity (Wildman–Crippen MR) is 155 cm³/mol. The maximum absolute atomic E-state index is 14.5. The van der Waals surface area contributed by atoms with E-state index in [0.717, 1.165) is 35.5 Å². The van der Waals surface area contributed by atoms with E-state index in [2.05, 4.69) is 20.2 Å². The van der Waals surface area contributed by atoms with Gasteiger partial charge in [0.2, 0.25) is 5.91 Å². The van der Waals surface area contributed by atoms with Crippen molar-refractivity contribution in [2.45, 2.75) is 50.2 Å². The molecule has 3 N–H and O–H groups in total. The minimum absolute atomic E-state index is 0.102. The maximum atomic E-state index is 14.5. The highest BCUT2D eigenvalue weighted by atomic mass is 19.4. The van der Waals surface area contributed by atoms with Crippen molar-refractivity contribution in [2.75, 3.05) is 18.0 Å². The number of aromatic nitrogens is 2. The Kier molecular flexibility index (Phi) is 7.70. The topological polar surface area (TPSA) is 96.5 Å². The number of hydrogen-bond donors (Lipinski definition) is 2. The summed E-state index contributed by atoms with van der Waals surface area (Å²) in [4.78, 5) is 28.6. The molecule has 0 radical (unpaired) electrons. The molecule has 3 fully saturated rings. The first-order chi connectivity index (χ1) is 20.3. The van der Waals surface area contributed by atoms with Gasteiger partial charge < -0.3 is 16.0 Å². The van der Waals surface area contributed by atoms with Crippen LogP contribution in [0.3, 0.4) is 0 Å². The number of rotatable bonds is 6. The molecule has 3 aliphatic rings. The van der Waals surface area contributed by atoms with Gasteiger partial charge in [0.05, 0.1) is 24.0 Å². The fourth-order valence-electron chi connectivity index (χ4n) is 5.88. The molecular weight excluding hydrogens is 541 g/mol. The van der Waals surface area contributed by atoms with Crippen molar-refractivity contribution >= 4 is 17.4 Å². The molecule has 2 aromatic carbocycles. The molecule has 10 heteroatoms. The molecule has 3 heterocycles. The number of hydrogen-bond acceptors (Lipinski definition) is 6. The maximum Gasteiger partial charge on any atom is 0.396 e. The summed E-state index contributed by atoms with van der Waals surface area (Å²) in [7, 11) is 0. The number of carbonyl (C=O) groups excluding carboxylic acids is 1. The number of benzene rings is 2. The molecule has 1 saturated carbocycles. The number of aliphatic imine (C=N–C) groups is 1. The van der Waals surface area contributed by atoms with Crippen LogP contribution in [0.15, 0.2) is 89.3 Å². The van der Waals surface area contributed by atoms with Crippen LogP contribution >= 0.6 is 0 Å². The molecular formula is C32H33F3N6O. The molecule has 7 nitrogen and oxygen atoms in total. The standard InChI is InChI=1S/C32H33F3N6O/c33-32(34,35)25-17-26(42)39-31(40-29(21-7-3-1-4-8-21)22-9-5-2-6-10-22)27(25)28(36)20-13-15-41(16-14-20)24-18-37-30(38-19-24)23-11-12-23/h1-10,18-20,23,25,29H,11-17,36H2,(H,39,40,42). The van der Waals surface area contributed by atoms with Crippen LogP contribution in [0.25, 0.3) is 0 Å². The van der Waals surface area contributed by atoms with E-state index in [1.54, 1.807) is 0 Å². The normalized spacial score (nSPS) is 22.4. The molecule has 1 unspecified atom stereocenters. The van der Waals surface area contributed by atoms with Crippen LogP contribution in [0.1, 0.15) is 61.0 Å². The van der Waals surface area contributed by atoms with Crippen LogP contribution in [0.5, 0.6) is 0 Å². The van der Waals surface area contributed by atoms with Crippen molar-refractivity contribution in [3.63, 3.8) is 0 Å². The van der Waals surface area contributed by atoms with Gasteiger partial charge in [-0.15, -0.1) is 0 Å². The summed E-state index contributed by atoms with van der Waals surface area (Å²) in [5, 5.41) is 2.66. The number of piperidine rings is 2. The quantitative estimate of drug-likeness (QED) is 0.396. The van der Waals surface area contributed by atoms with Crippen molar-refractivity contribution in [3.8, 4) is 0 Å². The number of anilines is 1. The number of alkyl halides is 3. The van der Waals surface area contributed by atoms with Crippen LogP contribution in [0.4, 0.5) is 18.9 Å². The molecule has 1 amide bonds. The van der Waals surface area contributed by atoms with E-state index in [9.17, 15) is 18.0 Å².